The first-order valence-corrected chi connectivity index (χ1v) is 10.0. The van der Waals surface area contributed by atoms with Gasteiger partial charge in [0, 0.05) is 40.6 Å². The largest absolute Gasteiger partial charge is 0.356 e. The van der Waals surface area contributed by atoms with E-state index in [4.69, 9.17) is 0 Å². The Hall–Kier alpha value is -4.38. The van der Waals surface area contributed by atoms with Gasteiger partial charge in [0.05, 0.1) is 5.69 Å². The van der Waals surface area contributed by atoms with E-state index >= 15 is 0 Å². The van der Waals surface area contributed by atoms with E-state index in [1.807, 2.05) is 102 Å². The molecule has 0 unspecified atom stereocenters. The van der Waals surface area contributed by atoms with Crippen molar-refractivity contribution in [3.8, 4) is 11.3 Å². The van der Waals surface area contributed by atoms with Crippen molar-refractivity contribution in [3.63, 3.8) is 0 Å². The Labute approximate surface area is 180 Å². The van der Waals surface area contributed by atoms with E-state index in [9.17, 15) is 4.79 Å². The third-order valence-corrected chi connectivity index (χ3v) is 5.00. The van der Waals surface area contributed by atoms with E-state index in [-0.39, 0.29) is 5.91 Å². The van der Waals surface area contributed by atoms with Crippen LogP contribution in [0.1, 0.15) is 10.4 Å². The maximum Gasteiger partial charge on any atom is 0.255 e. The van der Waals surface area contributed by atoms with Crippen molar-refractivity contribution in [1.29, 1.82) is 0 Å². The lowest BCUT2D eigenvalue weighted by atomic mass is 10.2. The Kier molecular flexibility index (Phi) is 4.91. The number of para-hydroxylation sites is 1. The van der Waals surface area contributed by atoms with E-state index in [0.29, 0.717) is 5.56 Å². The third-order valence-electron chi connectivity index (χ3n) is 5.00. The highest BCUT2D eigenvalue weighted by molar-refractivity contribution is 6.04. The fourth-order valence-corrected chi connectivity index (χ4v) is 3.40. The molecule has 0 atom stereocenters. The molecule has 0 aliphatic carbocycles. The lowest BCUT2D eigenvalue weighted by Gasteiger charge is -2.09. The van der Waals surface area contributed by atoms with Crippen molar-refractivity contribution in [3.05, 3.63) is 115 Å². The minimum Gasteiger partial charge on any atom is -0.356 e. The van der Waals surface area contributed by atoms with Crippen molar-refractivity contribution in [2.45, 2.75) is 0 Å². The van der Waals surface area contributed by atoms with Gasteiger partial charge in [0.1, 0.15) is 5.65 Å². The highest BCUT2D eigenvalue weighted by atomic mass is 16.1. The van der Waals surface area contributed by atoms with Crippen LogP contribution in [0.4, 0.5) is 17.1 Å². The van der Waals surface area contributed by atoms with Crippen LogP contribution in [0.15, 0.2) is 109 Å². The normalized spacial score (nSPS) is 10.7. The SMILES string of the molecule is O=C(Nc1ccc(Nc2ccccc2)cc1)c1ccn2cc(-c3ccccc3)nc2c1. The molecule has 0 bridgehead atoms. The zero-order valence-electron chi connectivity index (χ0n) is 16.7. The third kappa shape index (κ3) is 4.16. The zero-order valence-corrected chi connectivity index (χ0v) is 16.7. The number of aromatic nitrogens is 2. The summed E-state index contributed by atoms with van der Waals surface area (Å²) < 4.78 is 1.92. The summed E-state index contributed by atoms with van der Waals surface area (Å²) in [5.41, 5.74) is 5.91. The summed E-state index contributed by atoms with van der Waals surface area (Å²) in [6, 6.07) is 31.2. The van der Waals surface area contributed by atoms with Crippen LogP contribution in [-0.4, -0.2) is 15.3 Å². The molecule has 5 rings (SSSR count). The molecule has 31 heavy (non-hydrogen) atoms. The van der Waals surface area contributed by atoms with Crippen LogP contribution in [-0.2, 0) is 0 Å². The van der Waals surface area contributed by atoms with Crippen LogP contribution < -0.4 is 10.6 Å². The highest BCUT2D eigenvalue weighted by Crippen LogP contribution is 2.21. The number of hydrogen-bond acceptors (Lipinski definition) is 3. The number of rotatable bonds is 5. The topological polar surface area (TPSA) is 58.4 Å². The number of carbonyl (C=O) groups excluding carboxylic acids is 1. The molecule has 2 aromatic heterocycles. The van der Waals surface area contributed by atoms with Gasteiger partial charge >= 0.3 is 0 Å². The lowest BCUT2D eigenvalue weighted by Crippen LogP contribution is -2.12. The molecule has 3 aromatic carbocycles. The van der Waals surface area contributed by atoms with Gasteiger partial charge in [-0.25, -0.2) is 4.98 Å². The number of nitrogens with one attached hydrogen (secondary N) is 2. The molecule has 2 heterocycles. The van der Waals surface area contributed by atoms with Crippen LogP contribution in [0.2, 0.25) is 0 Å². The van der Waals surface area contributed by atoms with Crippen molar-refractivity contribution in [2.24, 2.45) is 0 Å². The summed E-state index contributed by atoms with van der Waals surface area (Å²) in [4.78, 5) is 17.4. The monoisotopic (exact) mass is 404 g/mol. The molecule has 0 spiro atoms. The van der Waals surface area contributed by atoms with E-state index < -0.39 is 0 Å². The second kappa shape index (κ2) is 8.16. The van der Waals surface area contributed by atoms with E-state index in [1.165, 1.54) is 0 Å². The van der Waals surface area contributed by atoms with Crippen molar-refractivity contribution < 1.29 is 4.79 Å². The summed E-state index contributed by atoms with van der Waals surface area (Å²) >= 11 is 0. The molecule has 0 aliphatic heterocycles. The van der Waals surface area contributed by atoms with Crippen LogP contribution in [0, 0.1) is 0 Å². The van der Waals surface area contributed by atoms with Gasteiger partial charge in [0.2, 0.25) is 0 Å². The van der Waals surface area contributed by atoms with Gasteiger partial charge in [-0.05, 0) is 48.5 Å². The van der Waals surface area contributed by atoms with Crippen LogP contribution in [0.25, 0.3) is 16.9 Å². The summed E-state index contributed by atoms with van der Waals surface area (Å²) in [7, 11) is 0. The van der Waals surface area contributed by atoms with Gasteiger partial charge in [-0.1, -0.05) is 48.5 Å². The van der Waals surface area contributed by atoms with Crippen molar-refractivity contribution in [2.75, 3.05) is 10.6 Å². The molecule has 0 fully saturated rings. The molecule has 5 aromatic rings. The molecule has 150 valence electrons. The summed E-state index contributed by atoms with van der Waals surface area (Å²) in [6.07, 6.45) is 3.82. The molecule has 0 saturated heterocycles. The van der Waals surface area contributed by atoms with Gasteiger partial charge in [0.25, 0.3) is 5.91 Å². The number of imidazole rings is 1. The molecule has 1 amide bonds. The van der Waals surface area contributed by atoms with Crippen molar-refractivity contribution in [1.82, 2.24) is 9.38 Å². The van der Waals surface area contributed by atoms with E-state index in [1.54, 1.807) is 12.1 Å². The smallest absolute Gasteiger partial charge is 0.255 e. The Morgan fingerprint density at radius 2 is 1.39 bits per heavy atom. The van der Waals surface area contributed by atoms with E-state index in [2.05, 4.69) is 15.6 Å². The first-order valence-electron chi connectivity index (χ1n) is 10.0. The quantitative estimate of drug-likeness (QED) is 0.378. The number of hydrogen-bond donors (Lipinski definition) is 2. The maximum absolute atomic E-state index is 12.7. The van der Waals surface area contributed by atoms with Gasteiger partial charge in [-0.3, -0.25) is 4.79 Å². The Morgan fingerprint density at radius 3 is 2.13 bits per heavy atom. The van der Waals surface area contributed by atoms with Crippen LogP contribution >= 0.6 is 0 Å². The van der Waals surface area contributed by atoms with Crippen LogP contribution in [0.3, 0.4) is 0 Å². The first kappa shape index (κ1) is 18.6. The van der Waals surface area contributed by atoms with Gasteiger partial charge in [0.15, 0.2) is 0 Å². The second-order valence-electron chi connectivity index (χ2n) is 7.20. The molecular weight excluding hydrogens is 384 g/mol. The molecule has 2 N–H and O–H groups in total. The Balaban J connectivity index is 1.30. The Bertz CT molecular complexity index is 1330. The molecule has 0 saturated carbocycles. The second-order valence-corrected chi connectivity index (χ2v) is 7.20. The number of fused-ring (bicyclic) bond motifs is 1. The molecule has 5 heteroatoms. The molecule has 0 aliphatic rings. The average Bonchev–Trinajstić information content (AvgIpc) is 3.25. The standard InChI is InChI=1S/C26H20N4O/c31-26(28-23-13-11-22(12-14-23)27-21-9-5-2-6-10-21)20-15-16-30-18-24(29-25(30)17-20)19-7-3-1-4-8-19/h1-18,27H,(H,28,31). The van der Waals surface area contributed by atoms with Gasteiger partial charge in [-0.2, -0.15) is 0 Å². The number of anilines is 3. The van der Waals surface area contributed by atoms with Crippen molar-refractivity contribution >= 4 is 28.6 Å². The minimum atomic E-state index is -0.171. The molecule has 0 radical (unpaired) electrons. The first-order chi connectivity index (χ1) is 15.2. The maximum atomic E-state index is 12.7. The number of pyridine rings is 1. The number of benzene rings is 3. The number of carbonyl (C=O) groups is 1. The van der Waals surface area contributed by atoms with Gasteiger partial charge in [-0.15, -0.1) is 0 Å². The fourth-order valence-electron chi connectivity index (χ4n) is 3.40. The summed E-state index contributed by atoms with van der Waals surface area (Å²) in [6.45, 7) is 0. The molecular formula is C26H20N4O. The summed E-state index contributed by atoms with van der Waals surface area (Å²) in [5.74, 6) is -0.171. The van der Waals surface area contributed by atoms with Crippen LogP contribution in [0.5, 0.6) is 0 Å². The predicted octanol–water partition coefficient (Wildman–Crippen LogP) is 6.00. The van der Waals surface area contributed by atoms with Gasteiger partial charge < -0.3 is 15.0 Å². The summed E-state index contributed by atoms with van der Waals surface area (Å²) in [5, 5.41) is 6.28. The average molecular weight is 404 g/mol. The Morgan fingerprint density at radius 1 is 0.742 bits per heavy atom. The predicted molar refractivity (Wildman–Crippen MR) is 125 cm³/mol. The number of nitrogens with zero attached hydrogens (tertiary/aromatic N) is 2. The minimum absolute atomic E-state index is 0.171. The highest BCUT2D eigenvalue weighted by Gasteiger charge is 2.10. The zero-order chi connectivity index (χ0) is 21.0. The lowest BCUT2D eigenvalue weighted by molar-refractivity contribution is 0.102. The number of amides is 1. The fraction of sp³-hybridized carbons (Fsp3) is 0. The molecule has 5 nitrogen and oxygen atoms in total. The van der Waals surface area contributed by atoms with E-state index in [0.717, 1.165) is 34.0 Å².